The minimum Gasteiger partial charge on any atom is -0.369 e. The number of hydrogen-bond donors (Lipinski definition) is 0. The third-order valence-corrected chi connectivity index (χ3v) is 3.27. The Morgan fingerprint density at radius 1 is 1.40 bits per heavy atom. The van der Waals surface area contributed by atoms with Gasteiger partial charge in [-0.25, -0.2) is 0 Å². The van der Waals surface area contributed by atoms with Crippen molar-refractivity contribution < 1.29 is 9.53 Å². The van der Waals surface area contributed by atoms with E-state index in [0.717, 1.165) is 19.6 Å². The van der Waals surface area contributed by atoms with Crippen molar-refractivity contribution in [2.24, 2.45) is 0 Å². The van der Waals surface area contributed by atoms with Crippen molar-refractivity contribution in [3.8, 4) is 0 Å². The summed E-state index contributed by atoms with van der Waals surface area (Å²) in [5, 5.41) is 0. The highest BCUT2D eigenvalue weighted by atomic mass is 16.5. The van der Waals surface area contributed by atoms with Gasteiger partial charge in [-0.15, -0.1) is 0 Å². The van der Waals surface area contributed by atoms with E-state index in [2.05, 4.69) is 18.9 Å². The number of amides is 1. The Kier molecular flexibility index (Phi) is 3.73. The van der Waals surface area contributed by atoms with Crippen LogP contribution in [0.2, 0.25) is 0 Å². The Balaban J connectivity index is 2.62. The summed E-state index contributed by atoms with van der Waals surface area (Å²) in [5.74, 6) is 0.0879. The number of piperazine rings is 1. The Labute approximate surface area is 92.2 Å². The minimum atomic E-state index is -0.699. The van der Waals surface area contributed by atoms with Crippen LogP contribution in [0.1, 0.15) is 20.8 Å². The summed E-state index contributed by atoms with van der Waals surface area (Å²) in [4.78, 5) is 16.2. The zero-order chi connectivity index (χ0) is 11.6. The topological polar surface area (TPSA) is 32.8 Å². The standard InChI is InChI=1S/C11H22N2O2/c1-9-8-13(7-6-12(9)4)10(14)11(2,3)15-5/h9H,6-8H2,1-5H3. The lowest BCUT2D eigenvalue weighted by Gasteiger charge is -2.40. The predicted octanol–water partition coefficient (Wildman–Crippen LogP) is 0.574. The number of ether oxygens (including phenoxy) is 1. The highest BCUT2D eigenvalue weighted by Gasteiger charge is 2.34. The zero-order valence-corrected chi connectivity index (χ0v) is 10.4. The van der Waals surface area contributed by atoms with Crippen molar-refractivity contribution >= 4 is 5.91 Å². The maximum Gasteiger partial charge on any atom is 0.254 e. The normalized spacial score (nSPS) is 24.3. The number of hydrogen-bond acceptors (Lipinski definition) is 3. The number of carbonyl (C=O) groups excluding carboxylic acids is 1. The maximum atomic E-state index is 12.1. The molecule has 1 heterocycles. The first kappa shape index (κ1) is 12.5. The molecule has 1 fully saturated rings. The van der Waals surface area contributed by atoms with Gasteiger partial charge in [-0.1, -0.05) is 0 Å². The van der Waals surface area contributed by atoms with Gasteiger partial charge in [0.2, 0.25) is 0 Å². The van der Waals surface area contributed by atoms with Crippen LogP contribution in [0.4, 0.5) is 0 Å². The van der Waals surface area contributed by atoms with Crippen molar-refractivity contribution in [2.75, 3.05) is 33.8 Å². The van der Waals surface area contributed by atoms with Gasteiger partial charge in [0.15, 0.2) is 0 Å². The number of nitrogens with zero attached hydrogens (tertiary/aromatic N) is 2. The molecule has 15 heavy (non-hydrogen) atoms. The molecule has 0 spiro atoms. The molecule has 1 amide bonds. The van der Waals surface area contributed by atoms with Crippen LogP contribution in [0, 0.1) is 0 Å². The van der Waals surface area contributed by atoms with Gasteiger partial charge in [-0.2, -0.15) is 0 Å². The first-order valence-electron chi connectivity index (χ1n) is 5.43. The molecule has 1 unspecified atom stereocenters. The first-order chi connectivity index (χ1) is 6.88. The van der Waals surface area contributed by atoms with Crippen molar-refractivity contribution in [3.63, 3.8) is 0 Å². The van der Waals surface area contributed by atoms with Crippen LogP contribution >= 0.6 is 0 Å². The maximum absolute atomic E-state index is 12.1. The van der Waals surface area contributed by atoms with Gasteiger partial charge in [-0.3, -0.25) is 4.79 Å². The number of likely N-dealkylation sites (N-methyl/N-ethyl adjacent to an activating group) is 1. The van der Waals surface area contributed by atoms with E-state index in [-0.39, 0.29) is 5.91 Å². The van der Waals surface area contributed by atoms with E-state index in [1.807, 2.05) is 18.7 Å². The lowest BCUT2D eigenvalue weighted by Crippen LogP contribution is -2.56. The van der Waals surface area contributed by atoms with Gasteiger partial charge in [-0.05, 0) is 27.8 Å². The van der Waals surface area contributed by atoms with Gasteiger partial charge >= 0.3 is 0 Å². The molecule has 1 aliphatic heterocycles. The molecule has 1 saturated heterocycles. The van der Waals surface area contributed by atoms with Crippen LogP contribution in [-0.4, -0.2) is 61.1 Å². The summed E-state index contributed by atoms with van der Waals surface area (Å²) < 4.78 is 5.21. The van der Waals surface area contributed by atoms with Crippen molar-refractivity contribution in [1.29, 1.82) is 0 Å². The van der Waals surface area contributed by atoms with Crippen LogP contribution in [0.5, 0.6) is 0 Å². The molecule has 0 N–H and O–H groups in total. The lowest BCUT2D eigenvalue weighted by molar-refractivity contribution is -0.153. The van der Waals surface area contributed by atoms with Crippen LogP contribution in [0.25, 0.3) is 0 Å². The van der Waals surface area contributed by atoms with Crippen molar-refractivity contribution in [1.82, 2.24) is 9.80 Å². The highest BCUT2D eigenvalue weighted by molar-refractivity contribution is 5.84. The molecule has 0 aromatic heterocycles. The van der Waals surface area contributed by atoms with Gasteiger partial charge in [0.05, 0.1) is 0 Å². The average molecular weight is 214 g/mol. The summed E-state index contributed by atoms with van der Waals surface area (Å²) in [7, 11) is 3.67. The van der Waals surface area contributed by atoms with E-state index in [1.165, 1.54) is 0 Å². The predicted molar refractivity (Wildman–Crippen MR) is 59.8 cm³/mol. The van der Waals surface area contributed by atoms with Crippen LogP contribution in [0.15, 0.2) is 0 Å². The van der Waals surface area contributed by atoms with Crippen molar-refractivity contribution in [3.05, 3.63) is 0 Å². The molecule has 1 rings (SSSR count). The molecule has 1 atom stereocenters. The molecule has 0 aliphatic carbocycles. The van der Waals surface area contributed by atoms with Crippen LogP contribution < -0.4 is 0 Å². The van der Waals surface area contributed by atoms with Gasteiger partial charge < -0.3 is 14.5 Å². The molecule has 4 nitrogen and oxygen atoms in total. The van der Waals surface area contributed by atoms with E-state index >= 15 is 0 Å². The van der Waals surface area contributed by atoms with Crippen LogP contribution in [0.3, 0.4) is 0 Å². The molecular formula is C11H22N2O2. The summed E-state index contributed by atoms with van der Waals surface area (Å²) in [6, 6.07) is 0.426. The largest absolute Gasteiger partial charge is 0.369 e. The number of rotatable bonds is 2. The summed E-state index contributed by atoms with van der Waals surface area (Å²) >= 11 is 0. The molecule has 88 valence electrons. The molecule has 0 saturated carbocycles. The zero-order valence-electron chi connectivity index (χ0n) is 10.4. The van der Waals surface area contributed by atoms with Gasteiger partial charge in [0.25, 0.3) is 5.91 Å². The average Bonchev–Trinajstić information content (AvgIpc) is 2.21. The first-order valence-corrected chi connectivity index (χ1v) is 5.43. The smallest absolute Gasteiger partial charge is 0.254 e. The summed E-state index contributed by atoms with van der Waals surface area (Å²) in [5.41, 5.74) is -0.699. The molecule has 4 heteroatoms. The van der Waals surface area contributed by atoms with Crippen molar-refractivity contribution in [2.45, 2.75) is 32.4 Å². The third-order valence-electron chi connectivity index (χ3n) is 3.27. The monoisotopic (exact) mass is 214 g/mol. The summed E-state index contributed by atoms with van der Waals surface area (Å²) in [6.07, 6.45) is 0. The van der Waals surface area contributed by atoms with Gasteiger partial charge in [0.1, 0.15) is 5.60 Å². The van der Waals surface area contributed by atoms with E-state index < -0.39 is 5.60 Å². The Bertz CT molecular complexity index is 241. The summed E-state index contributed by atoms with van der Waals surface area (Å²) in [6.45, 7) is 8.30. The molecule has 0 radical (unpaired) electrons. The van der Waals surface area contributed by atoms with E-state index in [0.29, 0.717) is 6.04 Å². The number of methoxy groups -OCH3 is 1. The van der Waals surface area contributed by atoms with E-state index in [4.69, 9.17) is 4.74 Å². The quantitative estimate of drug-likeness (QED) is 0.674. The fourth-order valence-corrected chi connectivity index (χ4v) is 1.70. The van der Waals surface area contributed by atoms with E-state index in [1.54, 1.807) is 7.11 Å². The molecular weight excluding hydrogens is 192 g/mol. The minimum absolute atomic E-state index is 0.0879. The molecule has 0 aromatic rings. The second kappa shape index (κ2) is 4.49. The second-order valence-corrected chi connectivity index (χ2v) is 4.80. The second-order valence-electron chi connectivity index (χ2n) is 4.80. The van der Waals surface area contributed by atoms with Gasteiger partial charge in [0, 0.05) is 32.8 Å². The fraction of sp³-hybridized carbons (Fsp3) is 0.909. The van der Waals surface area contributed by atoms with E-state index in [9.17, 15) is 4.79 Å². The Morgan fingerprint density at radius 2 is 2.00 bits per heavy atom. The fourth-order valence-electron chi connectivity index (χ4n) is 1.70. The molecule has 1 aliphatic rings. The highest BCUT2D eigenvalue weighted by Crippen LogP contribution is 2.15. The molecule has 0 bridgehead atoms. The SMILES string of the molecule is COC(C)(C)C(=O)N1CCN(C)C(C)C1. The molecule has 0 aromatic carbocycles. The third kappa shape index (κ3) is 2.69. The Morgan fingerprint density at radius 3 is 2.47 bits per heavy atom. The Hall–Kier alpha value is -0.610. The number of carbonyl (C=O) groups is 1. The van der Waals surface area contributed by atoms with Crippen LogP contribution in [-0.2, 0) is 9.53 Å². The lowest BCUT2D eigenvalue weighted by atomic mass is 10.1.